The molecule has 0 fully saturated rings. The van der Waals surface area contributed by atoms with E-state index in [1.54, 1.807) is 12.1 Å². The number of thiophene rings is 1. The summed E-state index contributed by atoms with van der Waals surface area (Å²) in [6.45, 7) is 1.70. The summed E-state index contributed by atoms with van der Waals surface area (Å²) < 4.78 is 37.9. The minimum absolute atomic E-state index is 0.0206. The maximum Gasteiger partial charge on any atom is 0.338 e. The highest BCUT2D eigenvalue weighted by Crippen LogP contribution is 2.24. The Kier molecular flexibility index (Phi) is 6.06. The normalized spacial score (nSPS) is 11.3. The molecule has 0 atom stereocenters. The molecule has 4 aromatic rings. The number of hydrogen-bond donors (Lipinski definition) is 0. The van der Waals surface area contributed by atoms with Crippen LogP contribution < -0.4 is 4.31 Å². The Morgan fingerprint density at radius 1 is 1.09 bits per heavy atom. The lowest BCUT2D eigenvalue weighted by atomic mass is 10.2. The highest BCUT2D eigenvalue weighted by Gasteiger charge is 2.23. The van der Waals surface area contributed by atoms with Crippen LogP contribution in [0.15, 0.2) is 75.4 Å². The summed E-state index contributed by atoms with van der Waals surface area (Å²) in [5.41, 5.74) is 1.64. The Morgan fingerprint density at radius 3 is 2.59 bits per heavy atom. The topological polar surface area (TPSA) is 103 Å². The van der Waals surface area contributed by atoms with Gasteiger partial charge >= 0.3 is 5.97 Å². The van der Waals surface area contributed by atoms with E-state index in [-0.39, 0.29) is 23.0 Å². The van der Waals surface area contributed by atoms with Crippen molar-refractivity contribution < 1.29 is 22.4 Å². The first-order chi connectivity index (χ1) is 15.3. The molecule has 0 aliphatic rings. The molecule has 2 aromatic carbocycles. The summed E-state index contributed by atoms with van der Waals surface area (Å²) in [4.78, 5) is 13.3. The maximum absolute atomic E-state index is 13.0. The summed E-state index contributed by atoms with van der Waals surface area (Å²) in [7, 11) is -2.40. The summed E-state index contributed by atoms with van der Waals surface area (Å²) in [6, 6.07) is 16.5. The van der Waals surface area contributed by atoms with Gasteiger partial charge in [0.25, 0.3) is 21.8 Å². The maximum atomic E-state index is 13.0. The van der Waals surface area contributed by atoms with Crippen LogP contribution in [0.4, 0.5) is 5.69 Å². The first-order valence-electron chi connectivity index (χ1n) is 9.53. The van der Waals surface area contributed by atoms with Crippen LogP contribution in [0, 0.1) is 6.92 Å². The third kappa shape index (κ3) is 4.56. The van der Waals surface area contributed by atoms with Crippen molar-refractivity contribution >= 4 is 33.0 Å². The van der Waals surface area contributed by atoms with Crippen LogP contribution in [-0.2, 0) is 21.4 Å². The predicted molar refractivity (Wildman–Crippen MR) is 120 cm³/mol. The van der Waals surface area contributed by atoms with E-state index < -0.39 is 16.0 Å². The largest absolute Gasteiger partial charge is 0.452 e. The minimum atomic E-state index is -3.86. The average Bonchev–Trinajstić information content (AvgIpc) is 3.49. The molecule has 32 heavy (non-hydrogen) atoms. The van der Waals surface area contributed by atoms with Gasteiger partial charge in [0.1, 0.15) is 0 Å². The summed E-state index contributed by atoms with van der Waals surface area (Å²) in [5.74, 6) is -0.209. The van der Waals surface area contributed by atoms with Gasteiger partial charge in [-0.3, -0.25) is 4.31 Å². The fourth-order valence-electron chi connectivity index (χ4n) is 2.86. The van der Waals surface area contributed by atoms with E-state index >= 15 is 0 Å². The van der Waals surface area contributed by atoms with E-state index in [0.29, 0.717) is 11.6 Å². The van der Waals surface area contributed by atoms with Crippen LogP contribution in [0.1, 0.15) is 21.8 Å². The zero-order valence-corrected chi connectivity index (χ0v) is 18.9. The molecule has 8 nitrogen and oxygen atoms in total. The van der Waals surface area contributed by atoms with E-state index in [0.717, 1.165) is 10.4 Å². The van der Waals surface area contributed by atoms with Crippen LogP contribution in [0.25, 0.3) is 10.8 Å². The predicted octanol–water partition coefficient (Wildman–Crippen LogP) is 4.29. The van der Waals surface area contributed by atoms with Crippen LogP contribution in [0.3, 0.4) is 0 Å². The molecule has 0 amide bonds. The van der Waals surface area contributed by atoms with E-state index in [1.807, 2.05) is 36.6 Å². The molecule has 0 bridgehead atoms. The molecule has 10 heteroatoms. The molecule has 0 aliphatic carbocycles. The minimum Gasteiger partial charge on any atom is -0.452 e. The number of esters is 1. The zero-order valence-electron chi connectivity index (χ0n) is 17.3. The number of hydrogen-bond acceptors (Lipinski definition) is 8. The summed E-state index contributed by atoms with van der Waals surface area (Å²) in [6.07, 6.45) is 0. The fourth-order valence-corrected chi connectivity index (χ4v) is 4.74. The number of anilines is 1. The van der Waals surface area contributed by atoms with Crippen LogP contribution >= 0.6 is 11.3 Å². The lowest BCUT2D eigenvalue weighted by Gasteiger charge is -2.20. The molecule has 2 aromatic heterocycles. The second-order valence-corrected chi connectivity index (χ2v) is 9.81. The molecule has 2 heterocycles. The monoisotopic (exact) mass is 469 g/mol. The van der Waals surface area contributed by atoms with Gasteiger partial charge in [-0.05, 0) is 48.7 Å². The Balaban J connectivity index is 1.47. The summed E-state index contributed by atoms with van der Waals surface area (Å²) in [5, 5.41) is 9.68. The molecule has 0 radical (unpaired) electrons. The van der Waals surface area contributed by atoms with E-state index in [9.17, 15) is 13.2 Å². The van der Waals surface area contributed by atoms with Gasteiger partial charge in [0.15, 0.2) is 6.61 Å². The summed E-state index contributed by atoms with van der Waals surface area (Å²) >= 11 is 1.45. The molecule has 4 rings (SSSR count). The second kappa shape index (κ2) is 8.93. The molecular weight excluding hydrogens is 450 g/mol. The lowest BCUT2D eigenvalue weighted by Crippen LogP contribution is -2.26. The molecule has 0 N–H and O–H groups in total. The van der Waals surface area contributed by atoms with Gasteiger partial charge in [-0.2, -0.15) is 0 Å². The number of aromatic nitrogens is 2. The van der Waals surface area contributed by atoms with Crippen molar-refractivity contribution in [1.29, 1.82) is 0 Å². The number of aryl methyl sites for hydroxylation is 1. The number of carbonyl (C=O) groups excluding carboxylic acids is 1. The highest BCUT2D eigenvalue weighted by atomic mass is 32.2. The third-order valence-electron chi connectivity index (χ3n) is 4.65. The lowest BCUT2D eigenvalue weighted by molar-refractivity contribution is 0.0438. The first-order valence-corrected chi connectivity index (χ1v) is 11.9. The van der Waals surface area contributed by atoms with Crippen molar-refractivity contribution in [1.82, 2.24) is 10.2 Å². The van der Waals surface area contributed by atoms with Gasteiger partial charge in [-0.25, -0.2) is 13.2 Å². The third-order valence-corrected chi connectivity index (χ3v) is 7.29. The number of rotatable bonds is 7. The van der Waals surface area contributed by atoms with Crippen LogP contribution in [-0.4, -0.2) is 31.6 Å². The average molecular weight is 470 g/mol. The Hall–Kier alpha value is -3.50. The van der Waals surface area contributed by atoms with Crippen molar-refractivity contribution in [3.05, 3.63) is 83.1 Å². The van der Waals surface area contributed by atoms with Gasteiger partial charge < -0.3 is 9.15 Å². The van der Waals surface area contributed by atoms with E-state index in [1.165, 1.54) is 47.0 Å². The van der Waals surface area contributed by atoms with Gasteiger partial charge in [0, 0.05) is 7.05 Å². The van der Waals surface area contributed by atoms with Crippen LogP contribution in [0.5, 0.6) is 0 Å². The molecule has 0 saturated carbocycles. The van der Waals surface area contributed by atoms with Crippen molar-refractivity contribution in [2.75, 3.05) is 11.4 Å². The van der Waals surface area contributed by atoms with Gasteiger partial charge in [0.2, 0.25) is 0 Å². The number of nitrogens with zero attached hydrogens (tertiary/aromatic N) is 3. The first kappa shape index (κ1) is 21.7. The number of sulfonamides is 1. The van der Waals surface area contributed by atoms with Gasteiger partial charge in [0.05, 0.1) is 21.0 Å². The van der Waals surface area contributed by atoms with Crippen molar-refractivity contribution in [2.24, 2.45) is 0 Å². The SMILES string of the molecule is Cc1ccc(N(C)S(=O)(=O)c2cccc(C(=O)OCc3nnc(-c4cccs4)o3)c2)cc1. The molecule has 0 unspecified atom stereocenters. The molecule has 0 saturated heterocycles. The Bertz CT molecular complexity index is 1330. The zero-order chi connectivity index (χ0) is 22.7. The Morgan fingerprint density at radius 2 is 1.88 bits per heavy atom. The molecule has 0 aliphatic heterocycles. The standard InChI is InChI=1S/C22H19N3O5S2/c1-15-8-10-17(11-9-15)25(2)32(27,28)18-6-3-5-16(13-18)22(26)29-14-20-23-24-21(30-20)19-7-4-12-31-19/h3-13H,14H2,1-2H3. The molecule has 164 valence electrons. The van der Waals surface area contributed by atoms with Crippen molar-refractivity contribution in [2.45, 2.75) is 18.4 Å². The highest BCUT2D eigenvalue weighted by molar-refractivity contribution is 7.92. The quantitative estimate of drug-likeness (QED) is 0.372. The Labute approximate surface area is 189 Å². The number of carbonyl (C=O) groups is 1. The number of ether oxygens (including phenoxy) is 1. The van der Waals surface area contributed by atoms with Crippen molar-refractivity contribution in [3.63, 3.8) is 0 Å². The van der Waals surface area contributed by atoms with E-state index in [2.05, 4.69) is 10.2 Å². The molecule has 0 spiro atoms. The molecular formula is C22H19N3O5S2. The van der Waals surface area contributed by atoms with E-state index in [4.69, 9.17) is 9.15 Å². The van der Waals surface area contributed by atoms with Gasteiger partial charge in [-0.1, -0.05) is 29.8 Å². The number of benzene rings is 2. The smallest absolute Gasteiger partial charge is 0.338 e. The second-order valence-electron chi connectivity index (χ2n) is 6.89. The van der Waals surface area contributed by atoms with Gasteiger partial charge in [-0.15, -0.1) is 21.5 Å². The van der Waals surface area contributed by atoms with Crippen molar-refractivity contribution in [3.8, 4) is 10.8 Å². The van der Waals surface area contributed by atoms with Crippen LogP contribution in [0.2, 0.25) is 0 Å². The fraction of sp³-hybridized carbons (Fsp3) is 0.136.